The number of esters is 1. The van der Waals surface area contributed by atoms with E-state index < -0.39 is 24.2 Å². The summed E-state index contributed by atoms with van der Waals surface area (Å²) in [6.07, 6.45) is 0. The fourth-order valence-electron chi connectivity index (χ4n) is 1.18. The van der Waals surface area contributed by atoms with E-state index in [-0.39, 0.29) is 11.3 Å². The molecular formula is C11H11FO4. The molecule has 0 saturated heterocycles. The van der Waals surface area contributed by atoms with Crippen molar-refractivity contribution in [2.24, 2.45) is 0 Å². The van der Waals surface area contributed by atoms with E-state index in [0.717, 1.165) is 0 Å². The van der Waals surface area contributed by atoms with Gasteiger partial charge < -0.3 is 9.47 Å². The Hall–Kier alpha value is -1.91. The number of rotatable bonds is 4. The smallest absolute Gasteiger partial charge is 0.303 e. The molecule has 0 aromatic heterocycles. The Morgan fingerprint density at radius 1 is 1.38 bits per heavy atom. The summed E-state index contributed by atoms with van der Waals surface area (Å²) in [7, 11) is 1.26. The molecule has 0 fully saturated rings. The molecule has 0 aliphatic carbocycles. The zero-order chi connectivity index (χ0) is 12.1. The molecule has 0 radical (unpaired) electrons. The molecule has 0 saturated carbocycles. The second kappa shape index (κ2) is 5.25. The standard InChI is InChI=1S/C11H11FO4/c1-7(13)16-6-10(14)8-4-3-5-9(12)11(8)15-2/h3-5H,6H2,1-2H3. The van der Waals surface area contributed by atoms with Crippen LogP contribution in [0.15, 0.2) is 18.2 Å². The van der Waals surface area contributed by atoms with E-state index >= 15 is 0 Å². The van der Waals surface area contributed by atoms with Crippen molar-refractivity contribution in [3.8, 4) is 5.75 Å². The first kappa shape index (κ1) is 12.2. The van der Waals surface area contributed by atoms with Crippen molar-refractivity contribution >= 4 is 11.8 Å². The molecule has 0 amide bonds. The highest BCUT2D eigenvalue weighted by atomic mass is 19.1. The van der Waals surface area contributed by atoms with E-state index in [9.17, 15) is 14.0 Å². The molecule has 1 rings (SSSR count). The predicted molar refractivity (Wildman–Crippen MR) is 53.9 cm³/mol. The number of ether oxygens (including phenoxy) is 2. The number of Topliss-reactive ketones (excluding diaryl/α,β-unsaturated/α-hetero) is 1. The summed E-state index contributed by atoms with van der Waals surface area (Å²) in [4.78, 5) is 22.1. The lowest BCUT2D eigenvalue weighted by Crippen LogP contribution is -2.13. The third kappa shape index (κ3) is 2.79. The highest BCUT2D eigenvalue weighted by Gasteiger charge is 2.16. The SMILES string of the molecule is COc1c(F)cccc1C(=O)COC(C)=O. The lowest BCUT2D eigenvalue weighted by atomic mass is 10.1. The van der Waals surface area contributed by atoms with Gasteiger partial charge in [0.25, 0.3) is 0 Å². The summed E-state index contributed by atoms with van der Waals surface area (Å²) in [5, 5.41) is 0. The van der Waals surface area contributed by atoms with Gasteiger partial charge in [0.2, 0.25) is 5.78 Å². The van der Waals surface area contributed by atoms with Crippen LogP contribution in [-0.4, -0.2) is 25.5 Å². The molecule has 0 spiro atoms. The van der Waals surface area contributed by atoms with Crippen LogP contribution in [-0.2, 0) is 9.53 Å². The van der Waals surface area contributed by atoms with Crippen LogP contribution in [0.3, 0.4) is 0 Å². The van der Waals surface area contributed by atoms with Gasteiger partial charge in [-0.15, -0.1) is 0 Å². The predicted octanol–water partition coefficient (Wildman–Crippen LogP) is 1.58. The van der Waals surface area contributed by atoms with E-state index in [1.165, 1.54) is 32.2 Å². The van der Waals surface area contributed by atoms with Gasteiger partial charge in [0, 0.05) is 6.92 Å². The molecule has 4 nitrogen and oxygen atoms in total. The normalized spacial score (nSPS) is 9.69. The van der Waals surface area contributed by atoms with Crippen LogP contribution in [0.5, 0.6) is 5.75 Å². The maximum absolute atomic E-state index is 13.2. The van der Waals surface area contributed by atoms with Gasteiger partial charge in [-0.2, -0.15) is 0 Å². The molecule has 0 bridgehead atoms. The van der Waals surface area contributed by atoms with Crippen molar-refractivity contribution in [3.63, 3.8) is 0 Å². The van der Waals surface area contributed by atoms with Crippen molar-refractivity contribution < 1.29 is 23.5 Å². The number of methoxy groups -OCH3 is 1. The van der Waals surface area contributed by atoms with Crippen molar-refractivity contribution in [2.45, 2.75) is 6.92 Å². The van der Waals surface area contributed by atoms with E-state index in [4.69, 9.17) is 4.74 Å². The molecule has 0 aliphatic heterocycles. The molecule has 0 heterocycles. The van der Waals surface area contributed by atoms with Gasteiger partial charge in [0.15, 0.2) is 18.2 Å². The Kier molecular flexibility index (Phi) is 3.99. The van der Waals surface area contributed by atoms with Crippen molar-refractivity contribution in [1.82, 2.24) is 0 Å². The van der Waals surface area contributed by atoms with Crippen LogP contribution in [0.1, 0.15) is 17.3 Å². The summed E-state index contributed by atoms with van der Waals surface area (Å²) in [6.45, 7) is 0.769. The number of ketones is 1. The number of carbonyl (C=O) groups excluding carboxylic acids is 2. The van der Waals surface area contributed by atoms with Crippen LogP contribution in [0.4, 0.5) is 4.39 Å². The largest absolute Gasteiger partial charge is 0.493 e. The molecule has 0 atom stereocenters. The highest BCUT2D eigenvalue weighted by Crippen LogP contribution is 2.22. The minimum absolute atomic E-state index is 0.0590. The second-order valence-corrected chi connectivity index (χ2v) is 3.02. The van der Waals surface area contributed by atoms with Crippen LogP contribution >= 0.6 is 0 Å². The van der Waals surface area contributed by atoms with E-state index in [2.05, 4.69) is 4.74 Å². The molecule has 86 valence electrons. The maximum Gasteiger partial charge on any atom is 0.303 e. The van der Waals surface area contributed by atoms with Gasteiger partial charge in [-0.05, 0) is 12.1 Å². The molecule has 0 aliphatic rings. The Morgan fingerprint density at radius 2 is 2.06 bits per heavy atom. The van der Waals surface area contributed by atoms with Crippen LogP contribution in [0.25, 0.3) is 0 Å². The number of hydrogen-bond donors (Lipinski definition) is 0. The summed E-state index contributed by atoms with van der Waals surface area (Å²) in [5.41, 5.74) is 0.0590. The third-order valence-corrected chi connectivity index (χ3v) is 1.88. The first-order valence-electron chi connectivity index (χ1n) is 4.55. The van der Waals surface area contributed by atoms with Crippen LogP contribution in [0.2, 0.25) is 0 Å². The third-order valence-electron chi connectivity index (χ3n) is 1.88. The molecule has 1 aromatic carbocycles. The molecule has 1 aromatic rings. The zero-order valence-corrected chi connectivity index (χ0v) is 8.95. The van der Waals surface area contributed by atoms with Crippen molar-refractivity contribution in [2.75, 3.05) is 13.7 Å². The Bertz CT molecular complexity index is 414. The van der Waals surface area contributed by atoms with Crippen LogP contribution in [0, 0.1) is 5.82 Å². The quantitative estimate of drug-likeness (QED) is 0.577. The summed E-state index contributed by atoms with van der Waals surface area (Å²) >= 11 is 0. The average molecular weight is 226 g/mol. The Balaban J connectivity index is 2.90. The lowest BCUT2D eigenvalue weighted by molar-refractivity contribution is -0.139. The van der Waals surface area contributed by atoms with Gasteiger partial charge in [-0.25, -0.2) is 4.39 Å². The Labute approximate surface area is 92.0 Å². The topological polar surface area (TPSA) is 52.6 Å². The molecule has 5 heteroatoms. The van der Waals surface area contributed by atoms with Crippen LogP contribution < -0.4 is 4.74 Å². The molecule has 0 N–H and O–H groups in total. The van der Waals surface area contributed by atoms with Crippen molar-refractivity contribution in [3.05, 3.63) is 29.6 Å². The Morgan fingerprint density at radius 3 is 2.62 bits per heavy atom. The molecule has 0 unspecified atom stereocenters. The average Bonchev–Trinajstić information content (AvgIpc) is 2.25. The highest BCUT2D eigenvalue weighted by molar-refractivity contribution is 6.00. The minimum atomic E-state index is -0.629. The minimum Gasteiger partial charge on any atom is -0.493 e. The molecular weight excluding hydrogens is 215 g/mol. The lowest BCUT2D eigenvalue weighted by Gasteiger charge is -2.08. The first-order valence-corrected chi connectivity index (χ1v) is 4.55. The molecule has 16 heavy (non-hydrogen) atoms. The zero-order valence-electron chi connectivity index (χ0n) is 8.95. The van der Waals surface area contributed by atoms with Gasteiger partial charge in [-0.3, -0.25) is 9.59 Å². The summed E-state index contributed by atoms with van der Waals surface area (Å²) in [6, 6.07) is 3.98. The van der Waals surface area contributed by atoms with Gasteiger partial charge >= 0.3 is 5.97 Å². The second-order valence-electron chi connectivity index (χ2n) is 3.02. The summed E-state index contributed by atoms with van der Waals surface area (Å²) < 4.78 is 22.5. The van der Waals surface area contributed by atoms with Gasteiger partial charge in [0.1, 0.15) is 0 Å². The van der Waals surface area contributed by atoms with Gasteiger partial charge in [0.05, 0.1) is 12.7 Å². The fourth-order valence-corrected chi connectivity index (χ4v) is 1.18. The monoisotopic (exact) mass is 226 g/mol. The maximum atomic E-state index is 13.2. The first-order chi connectivity index (χ1) is 7.56. The summed E-state index contributed by atoms with van der Waals surface area (Å²) in [5.74, 6) is -1.84. The number of para-hydroxylation sites is 1. The van der Waals surface area contributed by atoms with E-state index in [1.807, 2.05) is 0 Å². The number of hydrogen-bond acceptors (Lipinski definition) is 4. The fraction of sp³-hybridized carbons (Fsp3) is 0.273. The van der Waals surface area contributed by atoms with E-state index in [0.29, 0.717) is 0 Å². The van der Waals surface area contributed by atoms with E-state index in [1.54, 1.807) is 0 Å². The number of benzene rings is 1. The number of halogens is 1. The van der Waals surface area contributed by atoms with Crippen molar-refractivity contribution in [1.29, 1.82) is 0 Å². The number of carbonyl (C=O) groups is 2. The van der Waals surface area contributed by atoms with Gasteiger partial charge in [-0.1, -0.05) is 6.07 Å².